The van der Waals surface area contributed by atoms with Crippen LogP contribution < -0.4 is 10.6 Å². The van der Waals surface area contributed by atoms with Crippen molar-refractivity contribution in [1.29, 1.82) is 0 Å². The summed E-state index contributed by atoms with van der Waals surface area (Å²) in [6.07, 6.45) is 1.02. The lowest BCUT2D eigenvalue weighted by molar-refractivity contribution is 0.102. The molecule has 3 nitrogen and oxygen atoms in total. The smallest absolute Gasteiger partial charge is 0.255 e. The molecule has 108 valence electrons. The van der Waals surface area contributed by atoms with Crippen molar-refractivity contribution in [2.24, 2.45) is 0 Å². The summed E-state index contributed by atoms with van der Waals surface area (Å²) in [6, 6.07) is 10.8. The van der Waals surface area contributed by atoms with E-state index in [9.17, 15) is 4.79 Å². The summed E-state index contributed by atoms with van der Waals surface area (Å²) in [5, 5.41) is 7.09. The molecule has 0 aromatic heterocycles. The van der Waals surface area contributed by atoms with Crippen LogP contribution >= 0.6 is 23.2 Å². The standard InChI is InChI=1S/C16H14Cl2N2O/c17-13-5-11(6-14(18)8-13)16(21)20-15-2-1-10-3-4-19-9-12(10)7-15/h1-2,5-8,19H,3-4,9H2,(H,20,21). The van der Waals surface area contributed by atoms with Crippen LogP contribution in [0, 0.1) is 0 Å². The van der Waals surface area contributed by atoms with E-state index in [4.69, 9.17) is 23.2 Å². The summed E-state index contributed by atoms with van der Waals surface area (Å²) >= 11 is 11.8. The fourth-order valence-electron chi connectivity index (χ4n) is 2.45. The summed E-state index contributed by atoms with van der Waals surface area (Å²) in [6.45, 7) is 1.84. The molecule has 3 rings (SSSR count). The van der Waals surface area contributed by atoms with Gasteiger partial charge in [0.15, 0.2) is 0 Å². The molecule has 0 saturated heterocycles. The number of nitrogens with one attached hydrogen (secondary N) is 2. The van der Waals surface area contributed by atoms with Gasteiger partial charge in [0, 0.05) is 27.8 Å². The molecule has 0 spiro atoms. The monoisotopic (exact) mass is 320 g/mol. The average Bonchev–Trinajstić information content (AvgIpc) is 2.46. The third-order valence-corrected chi connectivity index (χ3v) is 3.91. The molecule has 2 N–H and O–H groups in total. The summed E-state index contributed by atoms with van der Waals surface area (Å²) < 4.78 is 0. The van der Waals surface area contributed by atoms with E-state index in [0.29, 0.717) is 15.6 Å². The number of amides is 1. The molecule has 2 aromatic carbocycles. The highest BCUT2D eigenvalue weighted by Gasteiger charge is 2.12. The van der Waals surface area contributed by atoms with Gasteiger partial charge in [-0.25, -0.2) is 0 Å². The highest BCUT2D eigenvalue weighted by molar-refractivity contribution is 6.35. The number of anilines is 1. The minimum atomic E-state index is -0.219. The lowest BCUT2D eigenvalue weighted by Gasteiger charge is -2.18. The highest BCUT2D eigenvalue weighted by Crippen LogP contribution is 2.22. The Hall–Kier alpha value is -1.55. The van der Waals surface area contributed by atoms with Crippen molar-refractivity contribution in [3.8, 4) is 0 Å². The van der Waals surface area contributed by atoms with E-state index in [-0.39, 0.29) is 5.91 Å². The zero-order valence-electron chi connectivity index (χ0n) is 11.2. The molecule has 1 aliphatic heterocycles. The van der Waals surface area contributed by atoms with E-state index < -0.39 is 0 Å². The Bertz CT molecular complexity index is 680. The van der Waals surface area contributed by atoms with Crippen LogP contribution in [-0.2, 0) is 13.0 Å². The average molecular weight is 321 g/mol. The lowest BCUT2D eigenvalue weighted by atomic mass is 10.0. The van der Waals surface area contributed by atoms with Gasteiger partial charge >= 0.3 is 0 Å². The van der Waals surface area contributed by atoms with Crippen molar-refractivity contribution < 1.29 is 4.79 Å². The fourth-order valence-corrected chi connectivity index (χ4v) is 2.97. The van der Waals surface area contributed by atoms with Crippen molar-refractivity contribution in [1.82, 2.24) is 5.32 Å². The molecule has 0 bridgehead atoms. The van der Waals surface area contributed by atoms with E-state index in [0.717, 1.165) is 25.2 Å². The number of hydrogen-bond donors (Lipinski definition) is 2. The first kappa shape index (κ1) is 14.4. The Kier molecular flexibility index (Phi) is 4.15. The van der Waals surface area contributed by atoms with Crippen LogP contribution in [0.4, 0.5) is 5.69 Å². The van der Waals surface area contributed by atoms with E-state index in [2.05, 4.69) is 16.7 Å². The van der Waals surface area contributed by atoms with Crippen molar-refractivity contribution in [3.05, 3.63) is 63.1 Å². The number of fused-ring (bicyclic) bond motifs is 1. The number of halogens is 2. The van der Waals surface area contributed by atoms with Crippen molar-refractivity contribution in [2.75, 3.05) is 11.9 Å². The van der Waals surface area contributed by atoms with Gasteiger partial charge in [-0.15, -0.1) is 0 Å². The van der Waals surface area contributed by atoms with Gasteiger partial charge in [0.1, 0.15) is 0 Å². The lowest BCUT2D eigenvalue weighted by Crippen LogP contribution is -2.23. The second-order valence-electron chi connectivity index (χ2n) is 5.02. The highest BCUT2D eigenvalue weighted by atomic mass is 35.5. The molecule has 0 aliphatic carbocycles. The summed E-state index contributed by atoms with van der Waals surface area (Å²) in [7, 11) is 0. The number of benzene rings is 2. The first-order valence-corrected chi connectivity index (χ1v) is 7.47. The molecule has 1 aliphatic rings. The SMILES string of the molecule is O=C(Nc1ccc2c(c1)CNCC2)c1cc(Cl)cc(Cl)c1. The van der Waals surface area contributed by atoms with Gasteiger partial charge in [-0.05, 0) is 54.4 Å². The largest absolute Gasteiger partial charge is 0.322 e. The van der Waals surface area contributed by atoms with Crippen LogP contribution in [0.25, 0.3) is 0 Å². The molecule has 0 fully saturated rings. The Labute approximate surface area is 133 Å². The van der Waals surface area contributed by atoms with Crippen LogP contribution in [0.5, 0.6) is 0 Å². The van der Waals surface area contributed by atoms with Crippen molar-refractivity contribution in [3.63, 3.8) is 0 Å². The van der Waals surface area contributed by atoms with Gasteiger partial charge in [0.05, 0.1) is 0 Å². The maximum Gasteiger partial charge on any atom is 0.255 e. The Morgan fingerprint density at radius 2 is 1.81 bits per heavy atom. The normalized spacial score (nSPS) is 13.6. The second-order valence-corrected chi connectivity index (χ2v) is 5.90. The van der Waals surface area contributed by atoms with E-state index in [1.54, 1.807) is 18.2 Å². The van der Waals surface area contributed by atoms with Crippen molar-refractivity contribution in [2.45, 2.75) is 13.0 Å². The molecule has 2 aromatic rings. The number of rotatable bonds is 2. The molecule has 21 heavy (non-hydrogen) atoms. The third-order valence-electron chi connectivity index (χ3n) is 3.48. The minimum absolute atomic E-state index is 0.219. The Morgan fingerprint density at radius 3 is 2.57 bits per heavy atom. The minimum Gasteiger partial charge on any atom is -0.322 e. The zero-order chi connectivity index (χ0) is 14.8. The van der Waals surface area contributed by atoms with E-state index >= 15 is 0 Å². The van der Waals surface area contributed by atoms with Crippen LogP contribution in [0.2, 0.25) is 10.0 Å². The van der Waals surface area contributed by atoms with Gasteiger partial charge in [0.25, 0.3) is 5.91 Å². The number of hydrogen-bond acceptors (Lipinski definition) is 2. The molecular weight excluding hydrogens is 307 g/mol. The van der Waals surface area contributed by atoms with Crippen LogP contribution in [0.3, 0.4) is 0 Å². The summed E-state index contributed by atoms with van der Waals surface area (Å²) in [4.78, 5) is 12.2. The molecule has 0 radical (unpaired) electrons. The van der Waals surface area contributed by atoms with E-state index in [1.807, 2.05) is 12.1 Å². The maximum absolute atomic E-state index is 12.2. The number of carbonyl (C=O) groups is 1. The molecule has 1 heterocycles. The number of carbonyl (C=O) groups excluding carboxylic acids is 1. The molecule has 0 unspecified atom stereocenters. The third kappa shape index (κ3) is 3.38. The summed E-state index contributed by atoms with van der Waals surface area (Å²) in [5.41, 5.74) is 3.78. The van der Waals surface area contributed by atoms with Gasteiger partial charge in [0.2, 0.25) is 0 Å². The van der Waals surface area contributed by atoms with Gasteiger partial charge in [-0.2, -0.15) is 0 Å². The second kappa shape index (κ2) is 6.06. The molecule has 1 amide bonds. The predicted octanol–water partition coefficient (Wildman–Crippen LogP) is 3.89. The van der Waals surface area contributed by atoms with Crippen LogP contribution in [0.15, 0.2) is 36.4 Å². The van der Waals surface area contributed by atoms with Crippen LogP contribution in [-0.4, -0.2) is 12.5 Å². The fraction of sp³-hybridized carbons (Fsp3) is 0.188. The first-order valence-electron chi connectivity index (χ1n) is 6.72. The first-order chi connectivity index (χ1) is 10.1. The quantitative estimate of drug-likeness (QED) is 0.881. The maximum atomic E-state index is 12.2. The molecule has 0 atom stereocenters. The summed E-state index contributed by atoms with van der Waals surface area (Å²) in [5.74, 6) is -0.219. The predicted molar refractivity (Wildman–Crippen MR) is 86.3 cm³/mol. The Morgan fingerprint density at radius 1 is 1.05 bits per heavy atom. The van der Waals surface area contributed by atoms with Gasteiger partial charge in [-0.1, -0.05) is 29.3 Å². The molecular formula is C16H14Cl2N2O. The molecule has 5 heteroatoms. The van der Waals surface area contributed by atoms with Crippen LogP contribution in [0.1, 0.15) is 21.5 Å². The topological polar surface area (TPSA) is 41.1 Å². The van der Waals surface area contributed by atoms with Gasteiger partial charge in [-0.3, -0.25) is 4.79 Å². The van der Waals surface area contributed by atoms with Gasteiger partial charge < -0.3 is 10.6 Å². The van der Waals surface area contributed by atoms with Crippen molar-refractivity contribution >= 4 is 34.8 Å². The molecule has 0 saturated carbocycles. The Balaban J connectivity index is 1.81. The van der Waals surface area contributed by atoms with E-state index in [1.165, 1.54) is 11.1 Å². The zero-order valence-corrected chi connectivity index (χ0v) is 12.8.